The molecular weight excluding hydrogens is 446 g/mol. The van der Waals surface area contributed by atoms with Gasteiger partial charge in [-0.15, -0.1) is 0 Å². The van der Waals surface area contributed by atoms with Crippen LogP contribution >= 0.6 is 12.2 Å². The molecule has 0 atom stereocenters. The summed E-state index contributed by atoms with van der Waals surface area (Å²) in [5, 5.41) is 5.69. The lowest BCUT2D eigenvalue weighted by Crippen LogP contribution is -2.35. The van der Waals surface area contributed by atoms with Gasteiger partial charge in [0.15, 0.2) is 5.11 Å². The predicted molar refractivity (Wildman–Crippen MR) is 130 cm³/mol. The predicted octanol–water partition coefficient (Wildman–Crippen LogP) is 4.17. The van der Waals surface area contributed by atoms with Gasteiger partial charge in [0, 0.05) is 18.8 Å². The number of benzene rings is 2. The highest BCUT2D eigenvalue weighted by molar-refractivity contribution is 7.89. The zero-order valence-electron chi connectivity index (χ0n) is 18.2. The van der Waals surface area contributed by atoms with Crippen LogP contribution in [0, 0.1) is 0 Å². The Morgan fingerprint density at radius 2 is 1.75 bits per heavy atom. The highest BCUT2D eigenvalue weighted by Crippen LogP contribution is 2.22. The van der Waals surface area contributed by atoms with Crippen LogP contribution in [0.2, 0.25) is 0 Å². The van der Waals surface area contributed by atoms with Crippen molar-refractivity contribution in [2.24, 2.45) is 0 Å². The van der Waals surface area contributed by atoms with E-state index in [2.05, 4.69) is 17.6 Å². The first kappa shape index (κ1) is 24.2. The molecule has 9 heteroatoms. The third-order valence-corrected chi connectivity index (χ3v) is 7.30. The van der Waals surface area contributed by atoms with E-state index in [0.717, 1.165) is 32.1 Å². The maximum absolute atomic E-state index is 12.8. The number of para-hydroxylation sites is 1. The van der Waals surface area contributed by atoms with Crippen molar-refractivity contribution >= 4 is 38.9 Å². The summed E-state index contributed by atoms with van der Waals surface area (Å²) in [6, 6.07) is 13.4. The number of thiocarbonyl (C=S) groups is 1. The van der Waals surface area contributed by atoms with Gasteiger partial charge < -0.3 is 10.1 Å². The van der Waals surface area contributed by atoms with E-state index >= 15 is 0 Å². The van der Waals surface area contributed by atoms with Crippen LogP contribution in [0.25, 0.3) is 0 Å². The van der Waals surface area contributed by atoms with Crippen molar-refractivity contribution in [3.05, 3.63) is 54.1 Å². The number of sulfonamides is 1. The average Bonchev–Trinajstić information content (AvgIpc) is 2.80. The lowest BCUT2D eigenvalue weighted by Gasteiger charge is -2.25. The van der Waals surface area contributed by atoms with E-state index in [-0.39, 0.29) is 15.9 Å². The Morgan fingerprint density at radius 3 is 2.44 bits per heavy atom. The molecule has 172 valence electrons. The van der Waals surface area contributed by atoms with Gasteiger partial charge in [-0.05, 0) is 67.9 Å². The molecule has 0 bridgehead atoms. The Hall–Kier alpha value is -2.49. The van der Waals surface area contributed by atoms with Crippen molar-refractivity contribution in [1.29, 1.82) is 0 Å². The summed E-state index contributed by atoms with van der Waals surface area (Å²) in [6.45, 7) is 3.72. The number of rotatable bonds is 8. The molecule has 1 fully saturated rings. The van der Waals surface area contributed by atoms with E-state index in [9.17, 15) is 13.2 Å². The molecule has 0 unspecified atom stereocenters. The summed E-state index contributed by atoms with van der Waals surface area (Å²) >= 11 is 5.26. The number of nitrogens with zero attached hydrogens (tertiary/aromatic N) is 1. The fourth-order valence-corrected chi connectivity index (χ4v) is 5.13. The number of piperidine rings is 1. The van der Waals surface area contributed by atoms with E-state index in [1.807, 2.05) is 6.07 Å². The molecule has 2 N–H and O–H groups in total. The number of unbranched alkanes of at least 4 members (excludes halogenated alkanes) is 1. The van der Waals surface area contributed by atoms with Gasteiger partial charge in [-0.1, -0.05) is 31.9 Å². The van der Waals surface area contributed by atoms with Gasteiger partial charge in [0.1, 0.15) is 5.75 Å². The summed E-state index contributed by atoms with van der Waals surface area (Å²) < 4.78 is 32.8. The molecule has 0 radical (unpaired) electrons. The van der Waals surface area contributed by atoms with Gasteiger partial charge in [0.2, 0.25) is 10.0 Å². The molecule has 3 rings (SSSR count). The van der Waals surface area contributed by atoms with Crippen LogP contribution in [-0.4, -0.2) is 43.4 Å². The van der Waals surface area contributed by atoms with Crippen molar-refractivity contribution in [3.8, 4) is 5.75 Å². The zero-order valence-corrected chi connectivity index (χ0v) is 19.8. The Morgan fingerprint density at radius 1 is 1.06 bits per heavy atom. The van der Waals surface area contributed by atoms with Gasteiger partial charge in [-0.25, -0.2) is 8.42 Å². The van der Waals surface area contributed by atoms with E-state index < -0.39 is 10.0 Å². The summed E-state index contributed by atoms with van der Waals surface area (Å²) in [4.78, 5) is 12.9. The van der Waals surface area contributed by atoms with Crippen molar-refractivity contribution in [2.45, 2.75) is 43.9 Å². The lowest BCUT2D eigenvalue weighted by atomic mass is 10.2. The molecule has 0 saturated carbocycles. The van der Waals surface area contributed by atoms with Gasteiger partial charge >= 0.3 is 0 Å². The smallest absolute Gasteiger partial charge is 0.261 e. The first-order valence-corrected chi connectivity index (χ1v) is 12.7. The molecule has 1 saturated heterocycles. The van der Waals surface area contributed by atoms with Crippen molar-refractivity contribution in [3.63, 3.8) is 0 Å². The fraction of sp³-hybridized carbons (Fsp3) is 0.391. The third kappa shape index (κ3) is 6.27. The van der Waals surface area contributed by atoms with Crippen molar-refractivity contribution in [2.75, 3.05) is 25.0 Å². The second-order valence-corrected chi connectivity index (χ2v) is 9.94. The van der Waals surface area contributed by atoms with Gasteiger partial charge in [0.25, 0.3) is 5.91 Å². The molecule has 0 spiro atoms. The minimum absolute atomic E-state index is 0.116. The molecule has 7 nitrogen and oxygen atoms in total. The molecule has 1 aliphatic rings. The first-order chi connectivity index (χ1) is 15.4. The maximum Gasteiger partial charge on any atom is 0.261 e. The monoisotopic (exact) mass is 475 g/mol. The summed E-state index contributed by atoms with van der Waals surface area (Å²) in [6.07, 6.45) is 4.74. The number of nitrogens with one attached hydrogen (secondary N) is 2. The number of ether oxygens (including phenoxy) is 1. The highest BCUT2D eigenvalue weighted by atomic mass is 32.2. The van der Waals surface area contributed by atoms with E-state index in [4.69, 9.17) is 17.0 Å². The Labute approximate surface area is 195 Å². The van der Waals surface area contributed by atoms with Gasteiger partial charge in [-0.2, -0.15) is 4.31 Å². The molecular formula is C23H29N3O4S2. The number of carbonyl (C=O) groups is 1. The van der Waals surface area contributed by atoms with Gasteiger partial charge in [-0.3, -0.25) is 10.1 Å². The van der Waals surface area contributed by atoms with Crippen molar-refractivity contribution < 1.29 is 17.9 Å². The average molecular weight is 476 g/mol. The molecule has 2 aromatic rings. The molecule has 0 aromatic heterocycles. The van der Waals surface area contributed by atoms with E-state index in [1.54, 1.807) is 42.5 Å². The summed E-state index contributed by atoms with van der Waals surface area (Å²) in [5.41, 5.74) is 0.983. The molecule has 1 heterocycles. The quantitative estimate of drug-likeness (QED) is 0.440. The lowest BCUT2D eigenvalue weighted by molar-refractivity contribution is 0.0973. The number of amides is 1. The molecule has 0 aliphatic carbocycles. The summed E-state index contributed by atoms with van der Waals surface area (Å²) in [7, 11) is -3.49. The largest absolute Gasteiger partial charge is 0.493 e. The van der Waals surface area contributed by atoms with E-state index in [0.29, 0.717) is 36.7 Å². The SMILES string of the molecule is CCCCOc1ccccc1C(=O)NC(=S)Nc1ccc(S(=O)(=O)N2CCCCC2)cc1. The maximum atomic E-state index is 12.8. The Bertz CT molecular complexity index is 1030. The molecule has 32 heavy (non-hydrogen) atoms. The normalized spacial score (nSPS) is 14.5. The third-order valence-electron chi connectivity index (χ3n) is 5.18. The molecule has 2 aromatic carbocycles. The van der Waals surface area contributed by atoms with Crippen molar-refractivity contribution in [1.82, 2.24) is 9.62 Å². The number of carbonyl (C=O) groups excluding carboxylic acids is 1. The van der Waals surface area contributed by atoms with Crippen LogP contribution in [0.15, 0.2) is 53.4 Å². The zero-order chi connectivity index (χ0) is 23.0. The highest BCUT2D eigenvalue weighted by Gasteiger charge is 2.25. The number of anilines is 1. The molecule has 1 aliphatic heterocycles. The minimum atomic E-state index is -3.49. The fourth-order valence-electron chi connectivity index (χ4n) is 3.40. The van der Waals surface area contributed by atoms with Gasteiger partial charge in [0.05, 0.1) is 17.1 Å². The second kappa shape index (κ2) is 11.4. The number of hydrogen-bond acceptors (Lipinski definition) is 5. The summed E-state index contributed by atoms with van der Waals surface area (Å²) in [5.74, 6) is 0.132. The van der Waals surface area contributed by atoms with Crippen LogP contribution < -0.4 is 15.4 Å². The Kier molecular flexibility index (Phi) is 8.60. The van der Waals surface area contributed by atoms with Crippen LogP contribution in [0.5, 0.6) is 5.75 Å². The topological polar surface area (TPSA) is 87.7 Å². The first-order valence-electron chi connectivity index (χ1n) is 10.9. The molecule has 1 amide bonds. The Balaban J connectivity index is 1.60. The minimum Gasteiger partial charge on any atom is -0.493 e. The van der Waals surface area contributed by atoms with E-state index in [1.165, 1.54) is 4.31 Å². The second-order valence-electron chi connectivity index (χ2n) is 7.60. The standard InChI is InChI=1S/C23H29N3O4S2/c1-2-3-17-30-21-10-6-5-9-20(21)22(27)25-23(31)24-18-11-13-19(14-12-18)32(28,29)26-15-7-4-8-16-26/h5-6,9-14H,2-4,7-8,15-17H2,1H3,(H2,24,25,27,31). The van der Waals surface area contributed by atoms with Crippen LogP contribution in [-0.2, 0) is 10.0 Å². The van der Waals surface area contributed by atoms with Crippen LogP contribution in [0.3, 0.4) is 0 Å². The van der Waals surface area contributed by atoms with Crippen LogP contribution in [0.4, 0.5) is 5.69 Å². The van der Waals surface area contributed by atoms with Crippen LogP contribution in [0.1, 0.15) is 49.4 Å². The number of hydrogen-bond donors (Lipinski definition) is 2.